The van der Waals surface area contributed by atoms with E-state index in [4.69, 9.17) is 10.3 Å². The molecule has 0 aliphatic heterocycles. The normalized spacial score (nSPS) is 11.1. The highest BCUT2D eigenvalue weighted by molar-refractivity contribution is 7.18. The Labute approximate surface area is 95.7 Å². The van der Waals surface area contributed by atoms with Crippen molar-refractivity contribution in [2.45, 2.75) is 6.92 Å². The molecule has 5 heteroatoms. The van der Waals surface area contributed by atoms with Crippen molar-refractivity contribution >= 4 is 27.4 Å². The average molecular weight is 231 g/mol. The van der Waals surface area contributed by atoms with Gasteiger partial charge < -0.3 is 10.3 Å². The molecule has 0 spiro atoms. The van der Waals surface area contributed by atoms with Crippen molar-refractivity contribution in [3.05, 3.63) is 29.3 Å². The van der Waals surface area contributed by atoms with Crippen LogP contribution in [-0.2, 0) is 0 Å². The molecule has 16 heavy (non-hydrogen) atoms. The zero-order valence-corrected chi connectivity index (χ0v) is 9.41. The van der Waals surface area contributed by atoms with Gasteiger partial charge in [0, 0.05) is 11.6 Å². The van der Waals surface area contributed by atoms with Crippen LogP contribution >= 0.6 is 11.3 Å². The minimum atomic E-state index is 0.399. The van der Waals surface area contributed by atoms with E-state index >= 15 is 0 Å². The van der Waals surface area contributed by atoms with E-state index in [9.17, 15) is 0 Å². The molecule has 80 valence electrons. The molecule has 0 radical (unpaired) electrons. The van der Waals surface area contributed by atoms with Crippen LogP contribution in [0.25, 0.3) is 21.5 Å². The molecule has 0 fully saturated rings. The van der Waals surface area contributed by atoms with Gasteiger partial charge in [-0.1, -0.05) is 5.16 Å². The average Bonchev–Trinajstić information content (AvgIpc) is 2.81. The third kappa shape index (κ3) is 1.45. The first-order chi connectivity index (χ1) is 7.72. The maximum absolute atomic E-state index is 5.52. The van der Waals surface area contributed by atoms with E-state index in [0.717, 1.165) is 20.8 Å². The zero-order chi connectivity index (χ0) is 11.1. The number of hydrogen-bond acceptors (Lipinski definition) is 5. The van der Waals surface area contributed by atoms with Gasteiger partial charge in [0.15, 0.2) is 11.6 Å². The van der Waals surface area contributed by atoms with Gasteiger partial charge in [0.1, 0.15) is 0 Å². The fraction of sp³-hybridized carbons (Fsp3) is 0.0909. The molecule has 2 heterocycles. The van der Waals surface area contributed by atoms with Gasteiger partial charge >= 0.3 is 0 Å². The molecule has 0 aliphatic carbocycles. The predicted molar refractivity (Wildman–Crippen MR) is 64.3 cm³/mol. The SMILES string of the molecule is Cc1nc2ccc(-c3cc(N)no3)cc2s1. The number of fused-ring (bicyclic) bond motifs is 1. The maximum Gasteiger partial charge on any atom is 0.169 e. The monoisotopic (exact) mass is 231 g/mol. The Morgan fingerprint density at radius 2 is 2.19 bits per heavy atom. The molecule has 3 aromatic rings. The number of nitrogens with zero attached hydrogens (tertiary/aromatic N) is 2. The van der Waals surface area contributed by atoms with Crippen molar-refractivity contribution < 1.29 is 4.52 Å². The molecule has 0 saturated carbocycles. The maximum atomic E-state index is 5.52. The largest absolute Gasteiger partial charge is 0.381 e. The lowest BCUT2D eigenvalue weighted by atomic mass is 10.1. The second-order valence-corrected chi connectivity index (χ2v) is 4.77. The Kier molecular flexibility index (Phi) is 1.94. The van der Waals surface area contributed by atoms with E-state index in [1.165, 1.54) is 0 Å². The summed E-state index contributed by atoms with van der Waals surface area (Å²) in [5, 5.41) is 4.73. The molecular weight excluding hydrogens is 222 g/mol. The third-order valence-corrected chi connectivity index (χ3v) is 3.24. The number of anilines is 1. The minimum Gasteiger partial charge on any atom is -0.381 e. The lowest BCUT2D eigenvalue weighted by molar-refractivity contribution is 0.436. The fourth-order valence-corrected chi connectivity index (χ4v) is 2.48. The van der Waals surface area contributed by atoms with Gasteiger partial charge in [0.2, 0.25) is 0 Å². The molecule has 2 aromatic heterocycles. The number of nitrogen functional groups attached to an aromatic ring is 1. The quantitative estimate of drug-likeness (QED) is 0.699. The summed E-state index contributed by atoms with van der Waals surface area (Å²) < 4.78 is 6.26. The highest BCUT2D eigenvalue weighted by atomic mass is 32.1. The van der Waals surface area contributed by atoms with Gasteiger partial charge in [-0.25, -0.2) is 4.98 Å². The van der Waals surface area contributed by atoms with Crippen molar-refractivity contribution in [3.63, 3.8) is 0 Å². The van der Waals surface area contributed by atoms with E-state index in [-0.39, 0.29) is 0 Å². The summed E-state index contributed by atoms with van der Waals surface area (Å²) in [6.07, 6.45) is 0. The third-order valence-electron chi connectivity index (χ3n) is 2.31. The summed E-state index contributed by atoms with van der Waals surface area (Å²) >= 11 is 1.66. The number of hydrogen-bond donors (Lipinski definition) is 1. The summed E-state index contributed by atoms with van der Waals surface area (Å²) in [6, 6.07) is 7.70. The molecule has 0 bridgehead atoms. The Hall–Kier alpha value is -1.88. The smallest absolute Gasteiger partial charge is 0.169 e. The standard InChI is InChI=1S/C11H9N3OS/c1-6-13-8-3-2-7(4-10(8)16-6)9-5-11(12)14-15-9/h2-5H,1H3,(H2,12,14). The number of aryl methyl sites for hydroxylation is 1. The zero-order valence-electron chi connectivity index (χ0n) is 8.60. The van der Waals surface area contributed by atoms with Crippen LogP contribution in [0.3, 0.4) is 0 Å². The van der Waals surface area contributed by atoms with Gasteiger partial charge in [0.05, 0.1) is 15.2 Å². The number of nitrogens with two attached hydrogens (primary N) is 1. The topological polar surface area (TPSA) is 64.9 Å². The lowest BCUT2D eigenvalue weighted by Crippen LogP contribution is -1.80. The van der Waals surface area contributed by atoms with Crippen LogP contribution in [0.2, 0.25) is 0 Å². The molecule has 1 aromatic carbocycles. The van der Waals surface area contributed by atoms with Crippen LogP contribution in [0.15, 0.2) is 28.8 Å². The number of rotatable bonds is 1. The van der Waals surface area contributed by atoms with Crippen LogP contribution in [0.5, 0.6) is 0 Å². The van der Waals surface area contributed by atoms with E-state index in [1.54, 1.807) is 17.4 Å². The summed E-state index contributed by atoms with van der Waals surface area (Å²) in [6.45, 7) is 2.00. The van der Waals surface area contributed by atoms with Crippen LogP contribution in [0, 0.1) is 6.92 Å². The molecule has 0 unspecified atom stereocenters. The van der Waals surface area contributed by atoms with Crippen molar-refractivity contribution in [1.29, 1.82) is 0 Å². The Balaban J connectivity index is 2.17. The Morgan fingerprint density at radius 1 is 1.31 bits per heavy atom. The Morgan fingerprint density at radius 3 is 2.94 bits per heavy atom. The van der Waals surface area contributed by atoms with E-state index in [0.29, 0.717) is 11.6 Å². The van der Waals surface area contributed by atoms with Crippen LogP contribution in [0.4, 0.5) is 5.82 Å². The second kappa shape index (κ2) is 3.31. The van der Waals surface area contributed by atoms with Crippen LogP contribution in [0.1, 0.15) is 5.01 Å². The first-order valence-corrected chi connectivity index (χ1v) is 5.64. The summed E-state index contributed by atoms with van der Waals surface area (Å²) in [5.74, 6) is 1.08. The van der Waals surface area contributed by atoms with Crippen LogP contribution in [-0.4, -0.2) is 10.1 Å². The van der Waals surface area contributed by atoms with Crippen molar-refractivity contribution in [3.8, 4) is 11.3 Å². The highest BCUT2D eigenvalue weighted by Gasteiger charge is 2.07. The van der Waals surface area contributed by atoms with Crippen molar-refractivity contribution in [2.75, 3.05) is 5.73 Å². The fourth-order valence-electron chi connectivity index (χ4n) is 1.62. The number of aromatic nitrogens is 2. The van der Waals surface area contributed by atoms with E-state index in [2.05, 4.69) is 10.1 Å². The van der Waals surface area contributed by atoms with Gasteiger partial charge in [0.25, 0.3) is 0 Å². The summed E-state index contributed by atoms with van der Waals surface area (Å²) in [7, 11) is 0. The van der Waals surface area contributed by atoms with Crippen molar-refractivity contribution in [1.82, 2.24) is 10.1 Å². The first kappa shape index (κ1) is 9.35. The molecule has 4 nitrogen and oxygen atoms in total. The van der Waals surface area contributed by atoms with Gasteiger partial charge in [-0.2, -0.15) is 0 Å². The Bertz CT molecular complexity index is 656. The highest BCUT2D eigenvalue weighted by Crippen LogP contribution is 2.28. The molecule has 2 N–H and O–H groups in total. The molecule has 0 atom stereocenters. The predicted octanol–water partition coefficient (Wildman–Crippen LogP) is 2.84. The number of benzene rings is 1. The van der Waals surface area contributed by atoms with E-state index in [1.807, 2.05) is 25.1 Å². The van der Waals surface area contributed by atoms with Gasteiger partial charge in [-0.15, -0.1) is 11.3 Å². The summed E-state index contributed by atoms with van der Waals surface area (Å²) in [4.78, 5) is 4.40. The molecule has 3 rings (SSSR count). The second-order valence-electron chi connectivity index (χ2n) is 3.53. The van der Waals surface area contributed by atoms with Crippen LogP contribution < -0.4 is 5.73 Å². The molecule has 0 saturated heterocycles. The first-order valence-electron chi connectivity index (χ1n) is 4.82. The van der Waals surface area contributed by atoms with E-state index < -0.39 is 0 Å². The minimum absolute atomic E-state index is 0.399. The van der Waals surface area contributed by atoms with Gasteiger partial charge in [-0.3, -0.25) is 0 Å². The molecule has 0 amide bonds. The van der Waals surface area contributed by atoms with Gasteiger partial charge in [-0.05, 0) is 25.1 Å². The lowest BCUT2D eigenvalue weighted by Gasteiger charge is -1.94. The summed E-state index contributed by atoms with van der Waals surface area (Å²) in [5.41, 5.74) is 7.50. The molecule has 0 aliphatic rings. The number of thiazole rings is 1. The molecular formula is C11H9N3OS. The van der Waals surface area contributed by atoms with Crippen molar-refractivity contribution in [2.24, 2.45) is 0 Å².